The molecule has 0 aliphatic carbocycles. The van der Waals surface area contributed by atoms with E-state index in [1.165, 1.54) is 21.6 Å². The second kappa shape index (κ2) is 8.12. The van der Waals surface area contributed by atoms with Gasteiger partial charge in [-0.05, 0) is 38.6 Å². The molecule has 0 radical (unpaired) electrons. The van der Waals surface area contributed by atoms with Gasteiger partial charge in [-0.2, -0.15) is 0 Å². The number of nitrogens with zero attached hydrogens (tertiary/aromatic N) is 1. The normalized spacial score (nSPS) is 12.2. The summed E-state index contributed by atoms with van der Waals surface area (Å²) in [6.45, 7) is 7.65. The minimum Gasteiger partial charge on any atom is -0.312 e. The van der Waals surface area contributed by atoms with E-state index in [0.717, 1.165) is 26.1 Å². The molecule has 0 bridgehead atoms. The Morgan fingerprint density at radius 1 is 1.40 bits per heavy atom. The predicted octanol–water partition coefficient (Wildman–Crippen LogP) is 2.03. The second-order valence-corrected chi connectivity index (χ2v) is 8.94. The lowest BCUT2D eigenvalue weighted by atomic mass is 10.2. The van der Waals surface area contributed by atoms with E-state index in [1.807, 2.05) is 18.4 Å². The van der Waals surface area contributed by atoms with E-state index < -0.39 is 9.84 Å². The molecular weight excluding hydrogens is 292 g/mol. The van der Waals surface area contributed by atoms with E-state index in [9.17, 15) is 8.42 Å². The van der Waals surface area contributed by atoms with Crippen molar-refractivity contribution in [1.82, 2.24) is 10.2 Å². The molecule has 6 heteroatoms. The fourth-order valence-corrected chi connectivity index (χ4v) is 3.58. The van der Waals surface area contributed by atoms with Crippen molar-refractivity contribution < 1.29 is 8.42 Å². The fraction of sp³-hybridized carbons (Fsp3) is 0.714. The molecular formula is C14H26N2O2S2. The molecule has 0 aromatic carbocycles. The van der Waals surface area contributed by atoms with Crippen molar-refractivity contribution in [2.45, 2.75) is 33.4 Å². The van der Waals surface area contributed by atoms with Gasteiger partial charge in [0.15, 0.2) is 0 Å². The Hall–Kier alpha value is -0.430. The van der Waals surface area contributed by atoms with Crippen LogP contribution in [0.25, 0.3) is 0 Å². The molecule has 1 N–H and O–H groups in total. The van der Waals surface area contributed by atoms with E-state index in [2.05, 4.69) is 30.1 Å². The maximum absolute atomic E-state index is 11.2. The van der Waals surface area contributed by atoms with E-state index in [4.69, 9.17) is 0 Å². The molecule has 0 aliphatic heterocycles. The van der Waals surface area contributed by atoms with Gasteiger partial charge in [0.1, 0.15) is 9.84 Å². The summed E-state index contributed by atoms with van der Waals surface area (Å²) >= 11 is 1.82. The van der Waals surface area contributed by atoms with Crippen LogP contribution < -0.4 is 5.32 Å². The lowest BCUT2D eigenvalue weighted by molar-refractivity contribution is 0.346. The second-order valence-electron chi connectivity index (χ2n) is 5.34. The predicted molar refractivity (Wildman–Crippen MR) is 87.1 cm³/mol. The number of aryl methyl sites for hydroxylation is 1. The highest BCUT2D eigenvalue weighted by Crippen LogP contribution is 2.22. The molecule has 0 unspecified atom stereocenters. The molecule has 0 saturated heterocycles. The maximum atomic E-state index is 11.2. The van der Waals surface area contributed by atoms with Crippen molar-refractivity contribution in [2.75, 3.05) is 32.1 Å². The minimum atomic E-state index is -2.88. The molecule has 0 atom stereocenters. The van der Waals surface area contributed by atoms with Crippen molar-refractivity contribution in [1.29, 1.82) is 0 Å². The quantitative estimate of drug-likeness (QED) is 0.708. The molecule has 0 fully saturated rings. The zero-order chi connectivity index (χ0) is 15.2. The lowest BCUT2D eigenvalue weighted by Gasteiger charge is -2.15. The molecule has 4 nitrogen and oxygen atoms in total. The monoisotopic (exact) mass is 318 g/mol. The zero-order valence-electron chi connectivity index (χ0n) is 12.9. The minimum absolute atomic E-state index is 0.220. The fourth-order valence-electron chi connectivity index (χ4n) is 1.91. The molecule has 0 amide bonds. The average Bonchev–Trinajstić information content (AvgIpc) is 2.67. The Labute approximate surface area is 127 Å². The Balaban J connectivity index is 2.50. The van der Waals surface area contributed by atoms with Gasteiger partial charge >= 0.3 is 0 Å². The summed E-state index contributed by atoms with van der Waals surface area (Å²) in [6, 6.07) is 2.24. The zero-order valence-corrected chi connectivity index (χ0v) is 14.5. The molecule has 0 aliphatic rings. The van der Waals surface area contributed by atoms with Crippen LogP contribution in [-0.4, -0.2) is 45.5 Å². The number of thiophene rings is 1. The van der Waals surface area contributed by atoms with Crippen LogP contribution in [0.2, 0.25) is 0 Å². The summed E-state index contributed by atoms with van der Waals surface area (Å²) in [5.74, 6) is 0.220. The summed E-state index contributed by atoms with van der Waals surface area (Å²) in [6.07, 6.45) is 2.43. The van der Waals surface area contributed by atoms with Crippen LogP contribution in [0.1, 0.15) is 28.7 Å². The van der Waals surface area contributed by atoms with Gasteiger partial charge in [-0.3, -0.25) is 0 Å². The van der Waals surface area contributed by atoms with Crippen LogP contribution in [0.15, 0.2) is 6.07 Å². The van der Waals surface area contributed by atoms with Crippen molar-refractivity contribution in [3.63, 3.8) is 0 Å². The van der Waals surface area contributed by atoms with Crippen LogP contribution in [0.3, 0.4) is 0 Å². The number of rotatable bonds is 9. The van der Waals surface area contributed by atoms with E-state index >= 15 is 0 Å². The summed E-state index contributed by atoms with van der Waals surface area (Å²) < 4.78 is 22.3. The Bertz CT molecular complexity index is 509. The SMILES string of the molecule is CCCNCc1cc(CN(C)CCS(C)(=O)=O)c(C)s1. The van der Waals surface area contributed by atoms with Gasteiger partial charge in [-0.25, -0.2) is 8.42 Å². The van der Waals surface area contributed by atoms with Gasteiger partial charge in [0.25, 0.3) is 0 Å². The van der Waals surface area contributed by atoms with Gasteiger partial charge in [-0.1, -0.05) is 6.92 Å². The topological polar surface area (TPSA) is 49.4 Å². The van der Waals surface area contributed by atoms with E-state index in [-0.39, 0.29) is 5.75 Å². The van der Waals surface area contributed by atoms with E-state index in [0.29, 0.717) is 6.54 Å². The highest BCUT2D eigenvalue weighted by molar-refractivity contribution is 7.90. The van der Waals surface area contributed by atoms with Gasteiger partial charge < -0.3 is 10.2 Å². The molecule has 1 heterocycles. The van der Waals surface area contributed by atoms with Crippen molar-refractivity contribution in [3.8, 4) is 0 Å². The smallest absolute Gasteiger partial charge is 0.148 e. The van der Waals surface area contributed by atoms with Crippen LogP contribution in [-0.2, 0) is 22.9 Å². The van der Waals surface area contributed by atoms with Crippen LogP contribution in [0, 0.1) is 6.92 Å². The molecule has 1 aromatic heterocycles. The van der Waals surface area contributed by atoms with Crippen molar-refractivity contribution in [2.24, 2.45) is 0 Å². The first kappa shape index (κ1) is 17.6. The molecule has 0 spiro atoms. The Morgan fingerprint density at radius 2 is 2.10 bits per heavy atom. The Morgan fingerprint density at radius 3 is 2.70 bits per heavy atom. The Kier molecular flexibility index (Phi) is 7.15. The number of hydrogen-bond acceptors (Lipinski definition) is 5. The highest BCUT2D eigenvalue weighted by atomic mass is 32.2. The molecule has 116 valence electrons. The summed E-state index contributed by atoms with van der Waals surface area (Å²) in [7, 11) is -0.911. The van der Waals surface area contributed by atoms with Gasteiger partial charge in [0, 0.05) is 35.6 Å². The average molecular weight is 319 g/mol. The van der Waals surface area contributed by atoms with Crippen LogP contribution in [0.5, 0.6) is 0 Å². The molecule has 1 aromatic rings. The summed E-state index contributed by atoms with van der Waals surface area (Å²) in [5.41, 5.74) is 1.30. The van der Waals surface area contributed by atoms with Gasteiger partial charge in [-0.15, -0.1) is 11.3 Å². The number of sulfone groups is 1. The number of hydrogen-bond donors (Lipinski definition) is 1. The standard InChI is InChI=1S/C14H26N2O2S2/c1-5-6-15-10-14-9-13(12(2)19-14)11-16(3)7-8-20(4,17)18/h9,15H,5-8,10-11H2,1-4H3. The largest absolute Gasteiger partial charge is 0.312 e. The van der Waals surface area contributed by atoms with Gasteiger partial charge in [0.2, 0.25) is 0 Å². The van der Waals surface area contributed by atoms with Gasteiger partial charge in [0.05, 0.1) is 5.75 Å². The lowest BCUT2D eigenvalue weighted by Crippen LogP contribution is -2.24. The summed E-state index contributed by atoms with van der Waals surface area (Å²) in [5, 5.41) is 3.41. The first-order valence-corrected chi connectivity index (χ1v) is 9.84. The van der Waals surface area contributed by atoms with Crippen LogP contribution in [0.4, 0.5) is 0 Å². The third kappa shape index (κ3) is 6.83. The van der Waals surface area contributed by atoms with E-state index in [1.54, 1.807) is 0 Å². The third-order valence-corrected chi connectivity index (χ3v) is 5.10. The molecule has 20 heavy (non-hydrogen) atoms. The van der Waals surface area contributed by atoms with Crippen molar-refractivity contribution >= 4 is 21.2 Å². The first-order valence-electron chi connectivity index (χ1n) is 6.97. The molecule has 1 rings (SSSR count). The van der Waals surface area contributed by atoms with Crippen LogP contribution >= 0.6 is 11.3 Å². The molecule has 0 saturated carbocycles. The summed E-state index contributed by atoms with van der Waals surface area (Å²) in [4.78, 5) is 4.74. The van der Waals surface area contributed by atoms with Crippen molar-refractivity contribution in [3.05, 3.63) is 21.4 Å². The highest BCUT2D eigenvalue weighted by Gasteiger charge is 2.10. The third-order valence-electron chi connectivity index (χ3n) is 3.08. The maximum Gasteiger partial charge on any atom is 0.148 e. The first-order chi connectivity index (χ1) is 9.31. The number of nitrogens with one attached hydrogen (secondary N) is 1.